The van der Waals surface area contributed by atoms with Gasteiger partial charge in [-0.3, -0.25) is 9.59 Å². The first-order valence-corrected chi connectivity index (χ1v) is 9.37. The van der Waals surface area contributed by atoms with E-state index in [9.17, 15) is 9.59 Å². The van der Waals surface area contributed by atoms with Gasteiger partial charge in [0.15, 0.2) is 5.76 Å². The first-order valence-electron chi connectivity index (χ1n) is 9.37. The SMILES string of the molecule is COc1cc(CCC(=O)Oc2ccc3c(c2)O/C(=C\c2ccc(C)cc2)C3=O)on1. The molecule has 0 saturated heterocycles. The Bertz CT molecular complexity index is 1130. The maximum atomic E-state index is 12.6. The second kappa shape index (κ2) is 8.24. The fourth-order valence-corrected chi connectivity index (χ4v) is 2.96. The average molecular weight is 405 g/mol. The van der Waals surface area contributed by atoms with Gasteiger partial charge in [-0.25, -0.2) is 0 Å². The molecule has 0 radical (unpaired) electrons. The van der Waals surface area contributed by atoms with E-state index in [2.05, 4.69) is 5.16 Å². The van der Waals surface area contributed by atoms with Gasteiger partial charge in [-0.15, -0.1) is 0 Å². The summed E-state index contributed by atoms with van der Waals surface area (Å²) in [6.07, 6.45) is 2.13. The Morgan fingerprint density at radius 3 is 2.67 bits per heavy atom. The molecule has 7 heteroatoms. The molecule has 0 aliphatic carbocycles. The minimum absolute atomic E-state index is 0.105. The lowest BCUT2D eigenvalue weighted by Gasteiger charge is -2.05. The lowest BCUT2D eigenvalue weighted by Crippen LogP contribution is -2.08. The molecule has 152 valence electrons. The summed E-state index contributed by atoms with van der Waals surface area (Å²) in [5.41, 5.74) is 2.43. The highest BCUT2D eigenvalue weighted by Crippen LogP contribution is 2.35. The highest BCUT2D eigenvalue weighted by molar-refractivity contribution is 6.14. The van der Waals surface area contributed by atoms with Crippen molar-refractivity contribution in [3.8, 4) is 17.4 Å². The summed E-state index contributed by atoms with van der Waals surface area (Å²) in [4.78, 5) is 24.7. The number of Topliss-reactive ketones (excluding diaryl/α,β-unsaturated/α-hetero) is 1. The van der Waals surface area contributed by atoms with Gasteiger partial charge >= 0.3 is 5.97 Å². The zero-order chi connectivity index (χ0) is 21.1. The molecular formula is C23H19NO6. The number of ketones is 1. The minimum atomic E-state index is -0.440. The second-order valence-corrected chi connectivity index (χ2v) is 6.82. The van der Waals surface area contributed by atoms with Crippen LogP contribution in [0.1, 0.15) is 33.7 Å². The van der Waals surface area contributed by atoms with E-state index in [4.69, 9.17) is 18.7 Å². The summed E-state index contributed by atoms with van der Waals surface area (Å²) in [5.74, 6) is 1.14. The standard InChI is InChI=1S/C23H19NO6/c1-14-3-5-15(6-4-14)11-20-23(26)18-9-7-16(12-19(18)29-20)28-22(25)10-8-17-13-21(27-2)24-30-17/h3-7,9,11-13H,8,10H2,1-2H3/b20-11-. The van der Waals surface area contributed by atoms with Crippen LogP contribution in [0.2, 0.25) is 0 Å². The molecular weight excluding hydrogens is 386 g/mol. The fraction of sp³-hybridized carbons (Fsp3) is 0.174. The van der Waals surface area contributed by atoms with Gasteiger partial charge < -0.3 is 18.7 Å². The van der Waals surface area contributed by atoms with Crippen LogP contribution in [0.4, 0.5) is 0 Å². The van der Waals surface area contributed by atoms with Crippen LogP contribution in [0.25, 0.3) is 6.08 Å². The van der Waals surface area contributed by atoms with E-state index in [1.807, 2.05) is 31.2 Å². The average Bonchev–Trinajstić information content (AvgIpc) is 3.32. The number of hydrogen-bond donors (Lipinski definition) is 0. The summed E-state index contributed by atoms with van der Waals surface area (Å²) < 4.78 is 21.0. The second-order valence-electron chi connectivity index (χ2n) is 6.82. The number of rotatable bonds is 6. The number of allylic oxidation sites excluding steroid dienone is 1. The van der Waals surface area contributed by atoms with Gasteiger partial charge in [0, 0.05) is 18.6 Å². The van der Waals surface area contributed by atoms with Crippen molar-refractivity contribution in [1.29, 1.82) is 0 Å². The van der Waals surface area contributed by atoms with Gasteiger partial charge in [-0.05, 0) is 35.9 Å². The number of esters is 1. The number of ether oxygens (including phenoxy) is 3. The maximum Gasteiger partial charge on any atom is 0.311 e. The highest BCUT2D eigenvalue weighted by Gasteiger charge is 2.28. The van der Waals surface area contributed by atoms with E-state index < -0.39 is 5.97 Å². The molecule has 2 heterocycles. The van der Waals surface area contributed by atoms with Crippen LogP contribution in [-0.2, 0) is 11.2 Å². The van der Waals surface area contributed by atoms with Crippen molar-refractivity contribution in [3.05, 3.63) is 76.7 Å². The Hall–Kier alpha value is -3.87. The van der Waals surface area contributed by atoms with E-state index in [1.54, 1.807) is 30.3 Å². The summed E-state index contributed by atoms with van der Waals surface area (Å²) in [6, 6.07) is 14.1. The van der Waals surface area contributed by atoms with Crippen LogP contribution in [0.3, 0.4) is 0 Å². The molecule has 30 heavy (non-hydrogen) atoms. The first kappa shape index (κ1) is 19.4. The lowest BCUT2D eigenvalue weighted by molar-refractivity contribution is -0.134. The number of benzene rings is 2. The van der Waals surface area contributed by atoms with Gasteiger partial charge in [-0.2, -0.15) is 0 Å². The quantitative estimate of drug-likeness (QED) is 0.346. The van der Waals surface area contributed by atoms with E-state index in [0.717, 1.165) is 11.1 Å². The number of aryl methyl sites for hydroxylation is 2. The van der Waals surface area contributed by atoms with Crippen molar-refractivity contribution < 1.29 is 28.3 Å². The van der Waals surface area contributed by atoms with E-state index >= 15 is 0 Å². The van der Waals surface area contributed by atoms with Gasteiger partial charge in [-0.1, -0.05) is 29.8 Å². The van der Waals surface area contributed by atoms with Gasteiger partial charge in [0.1, 0.15) is 17.3 Å². The van der Waals surface area contributed by atoms with Crippen molar-refractivity contribution >= 4 is 17.8 Å². The molecule has 0 amide bonds. The number of methoxy groups -OCH3 is 1. The largest absolute Gasteiger partial charge is 0.479 e. The smallest absolute Gasteiger partial charge is 0.311 e. The molecule has 1 aromatic heterocycles. The zero-order valence-corrected chi connectivity index (χ0v) is 16.5. The summed E-state index contributed by atoms with van der Waals surface area (Å²) in [6.45, 7) is 2.00. The highest BCUT2D eigenvalue weighted by atomic mass is 16.5. The molecule has 0 bridgehead atoms. The van der Waals surface area contributed by atoms with Crippen molar-refractivity contribution in [2.24, 2.45) is 0 Å². The maximum absolute atomic E-state index is 12.6. The van der Waals surface area contributed by atoms with Crippen LogP contribution in [0.15, 0.2) is 58.8 Å². The molecule has 4 rings (SSSR count). The van der Waals surface area contributed by atoms with Crippen LogP contribution in [0, 0.1) is 6.92 Å². The number of nitrogens with zero attached hydrogens (tertiary/aromatic N) is 1. The van der Waals surface area contributed by atoms with Crippen LogP contribution < -0.4 is 14.2 Å². The molecule has 0 saturated carbocycles. The lowest BCUT2D eigenvalue weighted by atomic mass is 10.1. The monoisotopic (exact) mass is 405 g/mol. The number of carbonyl (C=O) groups excluding carboxylic acids is 2. The Kier molecular flexibility index (Phi) is 5.34. The Labute approximate surface area is 172 Å². The number of fused-ring (bicyclic) bond motifs is 1. The normalized spacial score (nSPS) is 13.8. The number of carbonyl (C=O) groups is 2. The zero-order valence-electron chi connectivity index (χ0n) is 16.5. The van der Waals surface area contributed by atoms with Crippen molar-refractivity contribution in [2.75, 3.05) is 7.11 Å². The van der Waals surface area contributed by atoms with E-state index in [-0.39, 0.29) is 18.0 Å². The Balaban J connectivity index is 1.40. The van der Waals surface area contributed by atoms with Gasteiger partial charge in [0.25, 0.3) is 5.88 Å². The predicted molar refractivity (Wildman–Crippen MR) is 108 cm³/mol. The topological polar surface area (TPSA) is 87.9 Å². The minimum Gasteiger partial charge on any atom is -0.479 e. The van der Waals surface area contributed by atoms with Crippen LogP contribution in [0.5, 0.6) is 17.4 Å². The molecule has 1 aliphatic rings. The first-order chi connectivity index (χ1) is 14.5. The molecule has 7 nitrogen and oxygen atoms in total. The predicted octanol–water partition coefficient (Wildman–Crippen LogP) is 4.15. The Morgan fingerprint density at radius 1 is 1.13 bits per heavy atom. The summed E-state index contributed by atoms with van der Waals surface area (Å²) >= 11 is 0. The molecule has 2 aromatic carbocycles. The van der Waals surface area contributed by atoms with Gasteiger partial charge in [0.2, 0.25) is 5.78 Å². The Morgan fingerprint density at radius 2 is 1.93 bits per heavy atom. The summed E-state index contributed by atoms with van der Waals surface area (Å²) in [7, 11) is 1.48. The molecule has 0 atom stereocenters. The third-order valence-corrected chi connectivity index (χ3v) is 4.57. The van der Waals surface area contributed by atoms with Crippen molar-refractivity contribution in [3.63, 3.8) is 0 Å². The van der Waals surface area contributed by atoms with Crippen LogP contribution in [-0.4, -0.2) is 24.0 Å². The molecule has 3 aromatic rings. The number of aromatic nitrogens is 1. The molecule has 0 spiro atoms. The van der Waals surface area contributed by atoms with Crippen molar-refractivity contribution in [1.82, 2.24) is 5.16 Å². The molecule has 0 N–H and O–H groups in total. The summed E-state index contributed by atoms with van der Waals surface area (Å²) in [5, 5.41) is 3.68. The fourth-order valence-electron chi connectivity index (χ4n) is 2.96. The van der Waals surface area contributed by atoms with Crippen LogP contribution >= 0.6 is 0 Å². The molecule has 1 aliphatic heterocycles. The van der Waals surface area contributed by atoms with E-state index in [1.165, 1.54) is 7.11 Å². The van der Waals surface area contributed by atoms with Crippen molar-refractivity contribution in [2.45, 2.75) is 19.8 Å². The molecule has 0 unspecified atom stereocenters. The third kappa shape index (κ3) is 4.25. The van der Waals surface area contributed by atoms with E-state index in [0.29, 0.717) is 35.1 Å². The third-order valence-electron chi connectivity index (χ3n) is 4.57. The van der Waals surface area contributed by atoms with Gasteiger partial charge in [0.05, 0.1) is 19.1 Å². The molecule has 0 fully saturated rings. The number of hydrogen-bond acceptors (Lipinski definition) is 7.